The van der Waals surface area contributed by atoms with Crippen molar-refractivity contribution in [2.24, 2.45) is 0 Å². The molecule has 0 saturated heterocycles. The van der Waals surface area contributed by atoms with Gasteiger partial charge in [-0.1, -0.05) is 19.9 Å². The Morgan fingerprint density at radius 1 is 1.29 bits per heavy atom. The van der Waals surface area contributed by atoms with Gasteiger partial charge < -0.3 is 5.32 Å². The Kier molecular flexibility index (Phi) is 6.17. The van der Waals surface area contributed by atoms with Gasteiger partial charge in [0.2, 0.25) is 0 Å². The summed E-state index contributed by atoms with van der Waals surface area (Å²) in [5.74, 6) is -0.195. The van der Waals surface area contributed by atoms with Crippen LogP contribution in [0.2, 0.25) is 0 Å². The summed E-state index contributed by atoms with van der Waals surface area (Å²) in [6.45, 7) is 6.09. The molecule has 0 amide bonds. The van der Waals surface area contributed by atoms with Crippen molar-refractivity contribution in [3.8, 4) is 0 Å². The third-order valence-electron chi connectivity index (χ3n) is 3.35. The minimum absolute atomic E-state index is 0.0477. The van der Waals surface area contributed by atoms with E-state index in [2.05, 4.69) is 46.9 Å². The van der Waals surface area contributed by atoms with E-state index in [1.165, 1.54) is 6.07 Å². The number of hydrogen-bond acceptors (Lipinski definition) is 2. The summed E-state index contributed by atoms with van der Waals surface area (Å²) in [7, 11) is 0. The number of hydrogen-bond donors (Lipinski definition) is 1. The SMILES string of the molecule is CCCNC(c1ccc(F)cc1I)c1ccnn1CCC. The Labute approximate surface area is 139 Å². The first-order chi connectivity index (χ1) is 10.2. The molecule has 5 heteroatoms. The first-order valence-corrected chi connectivity index (χ1v) is 8.45. The Morgan fingerprint density at radius 2 is 2.10 bits per heavy atom. The smallest absolute Gasteiger partial charge is 0.124 e. The molecular formula is C16H21FIN3. The predicted molar refractivity (Wildman–Crippen MR) is 91.8 cm³/mol. The lowest BCUT2D eigenvalue weighted by Gasteiger charge is -2.21. The zero-order valence-corrected chi connectivity index (χ0v) is 14.6. The normalized spacial score (nSPS) is 12.6. The second-order valence-corrected chi connectivity index (χ2v) is 6.19. The summed E-state index contributed by atoms with van der Waals surface area (Å²) < 4.78 is 16.3. The third kappa shape index (κ3) is 4.03. The highest BCUT2D eigenvalue weighted by atomic mass is 127. The standard InChI is InChI=1S/C16H21FIN3/c1-3-8-19-16(13-6-5-12(17)11-14(13)18)15-7-9-20-21(15)10-4-2/h5-7,9,11,16,19H,3-4,8,10H2,1-2H3. The fraction of sp³-hybridized carbons (Fsp3) is 0.438. The van der Waals surface area contributed by atoms with Crippen LogP contribution in [-0.4, -0.2) is 16.3 Å². The van der Waals surface area contributed by atoms with E-state index in [4.69, 9.17) is 0 Å². The average Bonchev–Trinajstić information content (AvgIpc) is 2.90. The molecule has 1 aromatic carbocycles. The van der Waals surface area contributed by atoms with Gasteiger partial charge >= 0.3 is 0 Å². The van der Waals surface area contributed by atoms with E-state index in [0.717, 1.165) is 40.8 Å². The summed E-state index contributed by atoms with van der Waals surface area (Å²) in [6.07, 6.45) is 3.92. The molecule has 3 nitrogen and oxygen atoms in total. The van der Waals surface area contributed by atoms with Crippen LogP contribution in [0, 0.1) is 9.39 Å². The number of halogens is 2. The minimum atomic E-state index is -0.195. The molecule has 2 rings (SSSR count). The van der Waals surface area contributed by atoms with Crippen LogP contribution < -0.4 is 5.32 Å². The van der Waals surface area contributed by atoms with Gasteiger partial charge in [-0.25, -0.2) is 4.39 Å². The van der Waals surface area contributed by atoms with Crippen LogP contribution in [0.1, 0.15) is 44.0 Å². The molecule has 0 aliphatic heterocycles. The van der Waals surface area contributed by atoms with Crippen molar-refractivity contribution in [1.82, 2.24) is 15.1 Å². The Hall–Kier alpha value is -0.950. The van der Waals surface area contributed by atoms with Crippen molar-refractivity contribution in [3.05, 3.63) is 51.1 Å². The zero-order valence-electron chi connectivity index (χ0n) is 12.4. The van der Waals surface area contributed by atoms with Crippen molar-refractivity contribution in [1.29, 1.82) is 0 Å². The Balaban J connectivity index is 2.39. The van der Waals surface area contributed by atoms with Crippen LogP contribution in [0.15, 0.2) is 30.5 Å². The summed E-state index contributed by atoms with van der Waals surface area (Å²) in [6, 6.07) is 7.07. The first kappa shape index (κ1) is 16.4. The van der Waals surface area contributed by atoms with Gasteiger partial charge in [0.25, 0.3) is 0 Å². The molecule has 21 heavy (non-hydrogen) atoms. The fourth-order valence-corrected chi connectivity index (χ4v) is 3.17. The maximum Gasteiger partial charge on any atom is 0.124 e. The summed E-state index contributed by atoms with van der Waals surface area (Å²) >= 11 is 2.20. The summed E-state index contributed by atoms with van der Waals surface area (Å²) in [5.41, 5.74) is 2.23. The molecule has 0 aliphatic rings. The van der Waals surface area contributed by atoms with Crippen LogP contribution in [0.4, 0.5) is 4.39 Å². The van der Waals surface area contributed by atoms with Crippen molar-refractivity contribution in [2.45, 2.75) is 39.3 Å². The van der Waals surface area contributed by atoms with E-state index in [9.17, 15) is 4.39 Å². The summed E-state index contributed by atoms with van der Waals surface area (Å²) in [4.78, 5) is 0. The van der Waals surface area contributed by atoms with Crippen molar-refractivity contribution in [2.75, 3.05) is 6.54 Å². The molecule has 0 bridgehead atoms. The van der Waals surface area contributed by atoms with E-state index in [1.807, 2.05) is 23.0 Å². The van der Waals surface area contributed by atoms with E-state index in [0.29, 0.717) is 0 Å². The molecule has 2 aromatic rings. The monoisotopic (exact) mass is 401 g/mol. The molecule has 0 aliphatic carbocycles. The third-order valence-corrected chi connectivity index (χ3v) is 4.29. The molecule has 1 unspecified atom stereocenters. The van der Waals surface area contributed by atoms with Crippen LogP contribution in [-0.2, 0) is 6.54 Å². The molecule has 0 saturated carbocycles. The molecule has 1 N–H and O–H groups in total. The van der Waals surface area contributed by atoms with Crippen LogP contribution >= 0.6 is 22.6 Å². The van der Waals surface area contributed by atoms with Crippen LogP contribution in [0.5, 0.6) is 0 Å². The maximum atomic E-state index is 13.4. The average molecular weight is 401 g/mol. The Bertz CT molecular complexity index is 583. The topological polar surface area (TPSA) is 29.9 Å². The van der Waals surface area contributed by atoms with Crippen LogP contribution in [0.25, 0.3) is 0 Å². The van der Waals surface area contributed by atoms with Crippen LogP contribution in [0.3, 0.4) is 0 Å². The Morgan fingerprint density at radius 3 is 2.76 bits per heavy atom. The highest BCUT2D eigenvalue weighted by molar-refractivity contribution is 14.1. The van der Waals surface area contributed by atoms with Crippen molar-refractivity contribution >= 4 is 22.6 Å². The van der Waals surface area contributed by atoms with E-state index < -0.39 is 0 Å². The maximum absolute atomic E-state index is 13.4. The molecule has 0 fully saturated rings. The van der Waals surface area contributed by atoms with Gasteiger partial charge in [-0.3, -0.25) is 4.68 Å². The fourth-order valence-electron chi connectivity index (χ4n) is 2.38. The number of benzene rings is 1. The predicted octanol–water partition coefficient (Wildman–Crippen LogP) is 4.13. The van der Waals surface area contributed by atoms with Crippen molar-refractivity contribution < 1.29 is 4.39 Å². The second kappa shape index (κ2) is 7.89. The van der Waals surface area contributed by atoms with Gasteiger partial charge in [-0.2, -0.15) is 5.10 Å². The molecular weight excluding hydrogens is 380 g/mol. The van der Waals surface area contributed by atoms with Gasteiger partial charge in [0, 0.05) is 16.3 Å². The number of aromatic nitrogens is 2. The second-order valence-electron chi connectivity index (χ2n) is 5.03. The van der Waals surface area contributed by atoms with Gasteiger partial charge in [-0.05, 0) is 65.7 Å². The van der Waals surface area contributed by atoms with E-state index >= 15 is 0 Å². The number of aryl methyl sites for hydroxylation is 1. The van der Waals surface area contributed by atoms with Gasteiger partial charge in [-0.15, -0.1) is 0 Å². The lowest BCUT2D eigenvalue weighted by Crippen LogP contribution is -2.26. The molecule has 1 aromatic heterocycles. The largest absolute Gasteiger partial charge is 0.305 e. The molecule has 0 radical (unpaired) electrons. The van der Waals surface area contributed by atoms with E-state index in [-0.39, 0.29) is 11.9 Å². The highest BCUT2D eigenvalue weighted by Crippen LogP contribution is 2.27. The number of rotatable bonds is 7. The summed E-state index contributed by atoms with van der Waals surface area (Å²) in [5, 5.41) is 7.97. The van der Waals surface area contributed by atoms with Crippen molar-refractivity contribution in [3.63, 3.8) is 0 Å². The molecule has 1 atom stereocenters. The number of nitrogens with one attached hydrogen (secondary N) is 1. The number of nitrogens with zero attached hydrogens (tertiary/aromatic N) is 2. The quantitative estimate of drug-likeness (QED) is 0.708. The molecule has 0 spiro atoms. The van der Waals surface area contributed by atoms with Gasteiger partial charge in [0.1, 0.15) is 5.82 Å². The van der Waals surface area contributed by atoms with Gasteiger partial charge in [0.05, 0.1) is 11.7 Å². The molecule has 114 valence electrons. The lowest BCUT2D eigenvalue weighted by atomic mass is 10.0. The zero-order chi connectivity index (χ0) is 15.2. The first-order valence-electron chi connectivity index (χ1n) is 7.37. The minimum Gasteiger partial charge on any atom is -0.305 e. The van der Waals surface area contributed by atoms with Gasteiger partial charge in [0.15, 0.2) is 0 Å². The van der Waals surface area contributed by atoms with E-state index in [1.54, 1.807) is 6.07 Å². The highest BCUT2D eigenvalue weighted by Gasteiger charge is 2.20. The lowest BCUT2D eigenvalue weighted by molar-refractivity contribution is 0.510. The molecule has 1 heterocycles.